The van der Waals surface area contributed by atoms with E-state index in [0.717, 1.165) is 30.1 Å². The zero-order chi connectivity index (χ0) is 14.7. The average molecular weight is 298 g/mol. The van der Waals surface area contributed by atoms with Crippen LogP contribution in [0.3, 0.4) is 0 Å². The van der Waals surface area contributed by atoms with Crippen LogP contribution < -0.4 is 0 Å². The van der Waals surface area contributed by atoms with E-state index in [1.54, 1.807) is 6.20 Å². The Labute approximate surface area is 129 Å². The van der Waals surface area contributed by atoms with Gasteiger partial charge in [0.05, 0.1) is 5.56 Å². The van der Waals surface area contributed by atoms with Gasteiger partial charge in [-0.05, 0) is 30.4 Å². The van der Waals surface area contributed by atoms with Gasteiger partial charge in [-0.2, -0.15) is 0 Å². The topological polar surface area (TPSA) is 33.2 Å². The van der Waals surface area contributed by atoms with Crippen LogP contribution in [-0.2, 0) is 0 Å². The molecule has 0 radical (unpaired) electrons. The van der Waals surface area contributed by atoms with Crippen LogP contribution in [0, 0.1) is 0 Å². The fourth-order valence-electron chi connectivity index (χ4n) is 2.83. The first-order chi connectivity index (χ1) is 10.3. The predicted octanol–water partition coefficient (Wildman–Crippen LogP) is 3.43. The van der Waals surface area contributed by atoms with Gasteiger partial charge >= 0.3 is 0 Å². The second kappa shape index (κ2) is 6.31. The van der Waals surface area contributed by atoms with Crippen LogP contribution in [-0.4, -0.2) is 35.1 Å². The van der Waals surface area contributed by atoms with Crippen molar-refractivity contribution in [2.24, 2.45) is 0 Å². The van der Waals surface area contributed by atoms with Crippen molar-refractivity contribution in [3.63, 3.8) is 0 Å². The molecule has 3 rings (SSSR count). The van der Waals surface area contributed by atoms with E-state index in [1.807, 2.05) is 29.4 Å². The van der Waals surface area contributed by atoms with E-state index in [1.165, 1.54) is 17.3 Å². The van der Waals surface area contributed by atoms with Gasteiger partial charge < -0.3 is 4.90 Å². The van der Waals surface area contributed by atoms with Crippen molar-refractivity contribution in [3.05, 3.63) is 59.8 Å². The molecule has 1 aromatic carbocycles. The minimum absolute atomic E-state index is 0.103. The molecule has 0 N–H and O–H groups in total. The maximum Gasteiger partial charge on any atom is 0.256 e. The number of hydrogen-bond donors (Lipinski definition) is 0. The van der Waals surface area contributed by atoms with Crippen LogP contribution in [0.5, 0.6) is 0 Å². The second-order valence-corrected chi connectivity index (χ2v) is 6.00. The van der Waals surface area contributed by atoms with E-state index in [-0.39, 0.29) is 5.91 Å². The number of aromatic nitrogens is 1. The first-order valence-electron chi connectivity index (χ1n) is 7.13. The summed E-state index contributed by atoms with van der Waals surface area (Å²) in [7, 11) is 0. The molecule has 4 heteroatoms. The second-order valence-electron chi connectivity index (χ2n) is 5.21. The number of carbonyl (C=O) groups excluding carboxylic acids is 1. The molecule has 1 amide bonds. The van der Waals surface area contributed by atoms with Gasteiger partial charge in [-0.25, -0.2) is 4.98 Å². The number of thioether (sulfide) groups is 1. The highest BCUT2D eigenvalue weighted by Gasteiger charge is 2.28. The maximum atomic E-state index is 12.7. The van der Waals surface area contributed by atoms with Crippen molar-refractivity contribution in [3.8, 4) is 0 Å². The van der Waals surface area contributed by atoms with E-state index in [2.05, 4.69) is 29.2 Å². The van der Waals surface area contributed by atoms with Crippen LogP contribution in [0.25, 0.3) is 0 Å². The Balaban J connectivity index is 1.75. The number of likely N-dealkylation sites (tertiary alicyclic amines) is 1. The van der Waals surface area contributed by atoms with Crippen molar-refractivity contribution >= 4 is 17.7 Å². The molecule has 1 unspecified atom stereocenters. The molecule has 3 nitrogen and oxygen atoms in total. The summed E-state index contributed by atoms with van der Waals surface area (Å²) >= 11 is 1.52. The van der Waals surface area contributed by atoms with E-state index in [9.17, 15) is 4.79 Å². The average Bonchev–Trinajstić information content (AvgIpc) is 3.05. The van der Waals surface area contributed by atoms with E-state index >= 15 is 0 Å². The summed E-state index contributed by atoms with van der Waals surface area (Å²) in [6, 6.07) is 14.2. The van der Waals surface area contributed by atoms with Crippen molar-refractivity contribution in [2.45, 2.75) is 17.4 Å². The molecule has 1 saturated heterocycles. The molecular formula is C17H18N2OS. The first kappa shape index (κ1) is 14.1. The van der Waals surface area contributed by atoms with Crippen LogP contribution in [0.15, 0.2) is 53.7 Å². The highest BCUT2D eigenvalue weighted by molar-refractivity contribution is 7.98. The summed E-state index contributed by atoms with van der Waals surface area (Å²) in [5.74, 6) is 0.551. The Kier molecular flexibility index (Phi) is 4.25. The van der Waals surface area contributed by atoms with Crippen molar-refractivity contribution in [2.75, 3.05) is 19.3 Å². The number of carbonyl (C=O) groups is 1. The number of amides is 1. The van der Waals surface area contributed by atoms with Gasteiger partial charge in [0.1, 0.15) is 5.03 Å². The van der Waals surface area contributed by atoms with Crippen molar-refractivity contribution in [1.82, 2.24) is 9.88 Å². The predicted molar refractivity (Wildman–Crippen MR) is 85.7 cm³/mol. The highest BCUT2D eigenvalue weighted by Crippen LogP contribution is 2.29. The number of hydrogen-bond acceptors (Lipinski definition) is 3. The Morgan fingerprint density at radius 3 is 2.81 bits per heavy atom. The van der Waals surface area contributed by atoms with Gasteiger partial charge in [-0.3, -0.25) is 4.79 Å². The molecule has 21 heavy (non-hydrogen) atoms. The molecule has 0 aliphatic carbocycles. The molecule has 1 aromatic heterocycles. The van der Waals surface area contributed by atoms with Gasteiger partial charge in [-0.15, -0.1) is 11.8 Å². The van der Waals surface area contributed by atoms with Crippen LogP contribution >= 0.6 is 11.8 Å². The van der Waals surface area contributed by atoms with Gasteiger partial charge in [0.25, 0.3) is 5.91 Å². The molecule has 0 saturated carbocycles. The van der Waals surface area contributed by atoms with Gasteiger partial charge in [-0.1, -0.05) is 30.3 Å². The number of rotatable bonds is 3. The molecule has 108 valence electrons. The summed E-state index contributed by atoms with van der Waals surface area (Å²) in [4.78, 5) is 18.9. The van der Waals surface area contributed by atoms with Crippen molar-refractivity contribution < 1.29 is 4.79 Å². The third kappa shape index (κ3) is 2.95. The van der Waals surface area contributed by atoms with E-state index in [4.69, 9.17) is 0 Å². The number of pyridine rings is 1. The lowest BCUT2D eigenvalue weighted by Gasteiger charge is -2.17. The third-order valence-corrected chi connectivity index (χ3v) is 4.65. The number of benzene rings is 1. The maximum absolute atomic E-state index is 12.7. The normalized spacial score (nSPS) is 18.0. The fourth-order valence-corrected chi connectivity index (χ4v) is 3.37. The molecule has 1 aliphatic rings. The summed E-state index contributed by atoms with van der Waals surface area (Å²) in [6.45, 7) is 1.62. The van der Waals surface area contributed by atoms with Crippen LogP contribution in [0.2, 0.25) is 0 Å². The Morgan fingerprint density at radius 1 is 1.24 bits per heavy atom. The minimum Gasteiger partial charge on any atom is -0.338 e. The zero-order valence-corrected chi connectivity index (χ0v) is 12.8. The lowest BCUT2D eigenvalue weighted by Crippen LogP contribution is -2.29. The van der Waals surface area contributed by atoms with Gasteiger partial charge in [0.2, 0.25) is 0 Å². The van der Waals surface area contributed by atoms with E-state index in [0.29, 0.717) is 5.92 Å². The molecule has 1 fully saturated rings. The lowest BCUT2D eigenvalue weighted by molar-refractivity contribution is 0.0786. The summed E-state index contributed by atoms with van der Waals surface area (Å²) in [5.41, 5.74) is 2.04. The largest absolute Gasteiger partial charge is 0.338 e. The summed E-state index contributed by atoms with van der Waals surface area (Å²) in [5, 5.41) is 0.811. The Morgan fingerprint density at radius 2 is 2.05 bits per heavy atom. The first-order valence-corrected chi connectivity index (χ1v) is 8.35. The number of nitrogens with zero attached hydrogens (tertiary/aromatic N) is 2. The fraction of sp³-hybridized carbons (Fsp3) is 0.294. The Hall–Kier alpha value is -1.81. The third-order valence-electron chi connectivity index (χ3n) is 3.94. The smallest absolute Gasteiger partial charge is 0.256 e. The Bertz CT molecular complexity index is 630. The highest BCUT2D eigenvalue weighted by atomic mass is 32.2. The SMILES string of the molecule is CSc1ncccc1C(=O)N1CCC(c2ccccc2)C1. The lowest BCUT2D eigenvalue weighted by atomic mass is 9.99. The molecular weight excluding hydrogens is 280 g/mol. The molecule has 0 spiro atoms. The van der Waals surface area contributed by atoms with Crippen LogP contribution in [0.4, 0.5) is 0 Å². The van der Waals surface area contributed by atoms with Gasteiger partial charge in [0.15, 0.2) is 0 Å². The van der Waals surface area contributed by atoms with Crippen LogP contribution in [0.1, 0.15) is 28.3 Å². The monoisotopic (exact) mass is 298 g/mol. The summed E-state index contributed by atoms with van der Waals surface area (Å²) in [6.07, 6.45) is 4.72. The minimum atomic E-state index is 0.103. The quantitative estimate of drug-likeness (QED) is 0.814. The standard InChI is InChI=1S/C17H18N2OS/c1-21-16-15(8-5-10-18-16)17(20)19-11-9-14(12-19)13-6-3-2-4-7-13/h2-8,10,14H,9,11-12H2,1H3. The van der Waals surface area contributed by atoms with E-state index < -0.39 is 0 Å². The zero-order valence-electron chi connectivity index (χ0n) is 12.0. The van der Waals surface area contributed by atoms with Crippen molar-refractivity contribution in [1.29, 1.82) is 0 Å². The summed E-state index contributed by atoms with van der Waals surface area (Å²) < 4.78 is 0. The molecule has 2 aromatic rings. The molecule has 0 bridgehead atoms. The molecule has 1 aliphatic heterocycles. The molecule has 1 atom stereocenters. The van der Waals surface area contributed by atoms with Gasteiger partial charge in [0, 0.05) is 25.2 Å². The molecule has 2 heterocycles.